The van der Waals surface area contributed by atoms with Crippen molar-refractivity contribution in [2.24, 2.45) is 0 Å². The van der Waals surface area contributed by atoms with Gasteiger partial charge in [-0.05, 0) is 63.4 Å². The molecule has 0 aliphatic carbocycles. The van der Waals surface area contributed by atoms with Gasteiger partial charge in [0.1, 0.15) is 11.8 Å². The van der Waals surface area contributed by atoms with E-state index in [1.54, 1.807) is 36.3 Å². The molecule has 8 nitrogen and oxygen atoms in total. The van der Waals surface area contributed by atoms with Gasteiger partial charge in [-0.3, -0.25) is 13.9 Å². The van der Waals surface area contributed by atoms with Crippen LogP contribution in [-0.4, -0.2) is 57.1 Å². The zero-order valence-electron chi connectivity index (χ0n) is 22.2. The van der Waals surface area contributed by atoms with Crippen LogP contribution in [0, 0.1) is 6.92 Å². The lowest BCUT2D eigenvalue weighted by molar-refractivity contribution is -0.141. The van der Waals surface area contributed by atoms with E-state index in [4.69, 9.17) is 4.74 Å². The molecule has 0 saturated heterocycles. The van der Waals surface area contributed by atoms with Crippen LogP contribution in [0.5, 0.6) is 5.75 Å². The quantitative estimate of drug-likeness (QED) is 0.435. The monoisotopic (exact) mass is 517 g/mol. The molecule has 1 atom stereocenters. The number of nitrogens with one attached hydrogen (secondary N) is 1. The summed E-state index contributed by atoms with van der Waals surface area (Å²) in [5, 5.41) is 2.92. The summed E-state index contributed by atoms with van der Waals surface area (Å²) in [5.41, 5.74) is 2.55. The average molecular weight is 518 g/mol. The molecule has 0 aromatic heterocycles. The summed E-state index contributed by atoms with van der Waals surface area (Å²) in [5.74, 6) is 0.243. The van der Waals surface area contributed by atoms with Gasteiger partial charge in [0, 0.05) is 25.6 Å². The van der Waals surface area contributed by atoms with Crippen LogP contribution < -0.4 is 14.4 Å². The van der Waals surface area contributed by atoms with Gasteiger partial charge < -0.3 is 15.0 Å². The van der Waals surface area contributed by atoms with Gasteiger partial charge in [-0.2, -0.15) is 0 Å². The van der Waals surface area contributed by atoms with E-state index in [0.29, 0.717) is 30.8 Å². The maximum Gasteiger partial charge on any atom is 0.243 e. The molecule has 0 bridgehead atoms. The van der Waals surface area contributed by atoms with Gasteiger partial charge in [-0.25, -0.2) is 8.42 Å². The molecule has 0 fully saturated rings. The highest BCUT2D eigenvalue weighted by Crippen LogP contribution is 2.22. The standard InChI is InChI=1S/C27H39N3O5S/c1-7-25(27(32)28-20(2)3)29(19-22-12-10-21(4)11-13-22)26(31)9-8-18-30(36(6,33)34)23-14-16-24(35-5)17-15-23/h10-17,20,25H,7-9,18-19H2,1-6H3,(H,28,32). The van der Waals surface area contributed by atoms with Gasteiger partial charge in [0.25, 0.3) is 0 Å². The largest absolute Gasteiger partial charge is 0.497 e. The van der Waals surface area contributed by atoms with Gasteiger partial charge in [0.05, 0.1) is 19.1 Å². The highest BCUT2D eigenvalue weighted by atomic mass is 32.2. The fraction of sp³-hybridized carbons (Fsp3) is 0.481. The molecule has 198 valence electrons. The molecule has 0 saturated carbocycles. The van der Waals surface area contributed by atoms with E-state index in [0.717, 1.165) is 17.4 Å². The summed E-state index contributed by atoms with van der Waals surface area (Å²) in [6.07, 6.45) is 2.04. The van der Waals surface area contributed by atoms with E-state index >= 15 is 0 Å². The van der Waals surface area contributed by atoms with E-state index < -0.39 is 16.1 Å². The minimum Gasteiger partial charge on any atom is -0.497 e. The Kier molecular flexibility index (Phi) is 10.8. The Morgan fingerprint density at radius 1 is 1.03 bits per heavy atom. The normalized spacial score (nSPS) is 12.2. The predicted molar refractivity (Wildman–Crippen MR) is 144 cm³/mol. The van der Waals surface area contributed by atoms with Gasteiger partial charge in [-0.15, -0.1) is 0 Å². The lowest BCUT2D eigenvalue weighted by Crippen LogP contribution is -2.50. The van der Waals surface area contributed by atoms with Crippen LogP contribution in [0.1, 0.15) is 51.2 Å². The van der Waals surface area contributed by atoms with E-state index in [1.807, 2.05) is 52.0 Å². The first kappa shape index (κ1) is 29.2. The van der Waals surface area contributed by atoms with Crippen molar-refractivity contribution in [3.05, 3.63) is 59.7 Å². The Hall–Kier alpha value is -3.07. The number of benzene rings is 2. The number of methoxy groups -OCH3 is 1. The SMILES string of the molecule is CCC(C(=O)NC(C)C)N(Cc1ccc(C)cc1)C(=O)CCCN(c1ccc(OC)cc1)S(C)(=O)=O. The van der Waals surface area contributed by atoms with Crippen molar-refractivity contribution in [1.29, 1.82) is 0 Å². The van der Waals surface area contributed by atoms with Crippen molar-refractivity contribution in [3.63, 3.8) is 0 Å². The molecule has 0 heterocycles. The second-order valence-corrected chi connectivity index (χ2v) is 11.1. The third kappa shape index (κ3) is 8.55. The van der Waals surface area contributed by atoms with Crippen LogP contribution in [0.3, 0.4) is 0 Å². The van der Waals surface area contributed by atoms with Crippen LogP contribution in [0.2, 0.25) is 0 Å². The van der Waals surface area contributed by atoms with E-state index in [2.05, 4.69) is 5.32 Å². The number of nitrogens with zero attached hydrogens (tertiary/aromatic N) is 2. The fourth-order valence-corrected chi connectivity index (χ4v) is 4.91. The number of aryl methyl sites for hydroxylation is 1. The number of hydrogen-bond donors (Lipinski definition) is 1. The third-order valence-corrected chi connectivity index (χ3v) is 7.00. The molecular weight excluding hydrogens is 478 g/mol. The molecular formula is C27H39N3O5S. The number of sulfonamides is 1. The molecule has 0 aliphatic heterocycles. The summed E-state index contributed by atoms with van der Waals surface area (Å²) in [6.45, 7) is 8.09. The molecule has 2 amide bonds. The summed E-state index contributed by atoms with van der Waals surface area (Å²) >= 11 is 0. The Labute approximate surface area is 215 Å². The van der Waals surface area contributed by atoms with Crippen LogP contribution in [0.4, 0.5) is 5.69 Å². The number of carbonyl (C=O) groups is 2. The van der Waals surface area contributed by atoms with Crippen LogP contribution in [0.25, 0.3) is 0 Å². The van der Waals surface area contributed by atoms with Crippen molar-refractivity contribution < 1.29 is 22.7 Å². The Morgan fingerprint density at radius 3 is 2.14 bits per heavy atom. The second-order valence-electron chi connectivity index (χ2n) is 9.23. The maximum atomic E-state index is 13.4. The Balaban J connectivity index is 2.20. The lowest BCUT2D eigenvalue weighted by atomic mass is 10.1. The molecule has 0 radical (unpaired) electrons. The first-order valence-electron chi connectivity index (χ1n) is 12.2. The van der Waals surface area contributed by atoms with E-state index in [-0.39, 0.29) is 30.8 Å². The molecule has 2 aromatic rings. The highest BCUT2D eigenvalue weighted by molar-refractivity contribution is 7.92. The Morgan fingerprint density at radius 2 is 1.64 bits per heavy atom. The lowest BCUT2D eigenvalue weighted by Gasteiger charge is -2.31. The van der Waals surface area contributed by atoms with E-state index in [1.165, 1.54) is 4.31 Å². The third-order valence-electron chi connectivity index (χ3n) is 5.80. The van der Waals surface area contributed by atoms with Gasteiger partial charge >= 0.3 is 0 Å². The van der Waals surface area contributed by atoms with Crippen LogP contribution in [-0.2, 0) is 26.2 Å². The number of anilines is 1. The first-order chi connectivity index (χ1) is 17.0. The van der Waals surface area contributed by atoms with Crippen molar-refractivity contribution in [3.8, 4) is 5.75 Å². The average Bonchev–Trinajstić information content (AvgIpc) is 2.81. The predicted octanol–water partition coefficient (Wildman–Crippen LogP) is 3.88. The molecule has 9 heteroatoms. The van der Waals surface area contributed by atoms with Crippen LogP contribution in [0.15, 0.2) is 48.5 Å². The number of hydrogen-bond acceptors (Lipinski definition) is 5. The van der Waals surface area contributed by atoms with Crippen molar-refractivity contribution in [2.75, 3.05) is 24.2 Å². The molecule has 0 aliphatic rings. The highest BCUT2D eigenvalue weighted by Gasteiger charge is 2.29. The number of carbonyl (C=O) groups excluding carboxylic acids is 2. The molecule has 36 heavy (non-hydrogen) atoms. The summed E-state index contributed by atoms with van der Waals surface area (Å²) in [6, 6.07) is 13.9. The van der Waals surface area contributed by atoms with Crippen molar-refractivity contribution >= 4 is 27.5 Å². The van der Waals surface area contributed by atoms with Gasteiger partial charge in [0.2, 0.25) is 21.8 Å². The molecule has 2 aromatic carbocycles. The van der Waals surface area contributed by atoms with Crippen molar-refractivity contribution in [2.45, 2.75) is 65.6 Å². The van der Waals surface area contributed by atoms with Crippen molar-refractivity contribution in [1.82, 2.24) is 10.2 Å². The zero-order chi connectivity index (χ0) is 26.9. The summed E-state index contributed by atoms with van der Waals surface area (Å²) in [4.78, 5) is 28.0. The minimum atomic E-state index is -3.55. The smallest absolute Gasteiger partial charge is 0.243 e. The summed E-state index contributed by atoms with van der Waals surface area (Å²) < 4.78 is 31.4. The van der Waals surface area contributed by atoms with Gasteiger partial charge in [0.15, 0.2) is 0 Å². The second kappa shape index (κ2) is 13.3. The van der Waals surface area contributed by atoms with Gasteiger partial charge in [-0.1, -0.05) is 36.8 Å². The number of rotatable bonds is 13. The molecule has 1 unspecified atom stereocenters. The molecule has 2 rings (SSSR count). The zero-order valence-corrected chi connectivity index (χ0v) is 23.0. The van der Waals surface area contributed by atoms with Crippen LogP contribution >= 0.6 is 0 Å². The minimum absolute atomic E-state index is 0.0457. The topological polar surface area (TPSA) is 96.0 Å². The molecule has 1 N–H and O–H groups in total. The molecule has 0 spiro atoms. The maximum absolute atomic E-state index is 13.4. The summed E-state index contributed by atoms with van der Waals surface area (Å²) in [7, 11) is -2.01. The van der Waals surface area contributed by atoms with E-state index in [9.17, 15) is 18.0 Å². The Bertz CT molecular complexity index is 1100. The number of amides is 2. The number of ether oxygens (including phenoxy) is 1. The first-order valence-corrected chi connectivity index (χ1v) is 14.1. The fourth-order valence-electron chi connectivity index (χ4n) is 3.94.